The van der Waals surface area contributed by atoms with Crippen molar-refractivity contribution in [3.05, 3.63) is 83.8 Å². The summed E-state index contributed by atoms with van der Waals surface area (Å²) in [6.45, 7) is 1.31. The number of ether oxygens (including phenoxy) is 3. The molecule has 0 amide bonds. The molecule has 0 fully saturated rings. The third kappa shape index (κ3) is 7.25. The highest BCUT2D eigenvalue weighted by Crippen LogP contribution is 2.38. The van der Waals surface area contributed by atoms with Crippen LogP contribution < -0.4 is 14.2 Å². The van der Waals surface area contributed by atoms with Gasteiger partial charge in [0.25, 0.3) is 0 Å². The molecular formula is C29H28F4N2O5S. The fraction of sp³-hybridized carbons (Fsp3) is 0.276. The molecule has 218 valence electrons. The Hall–Kier alpha value is -3.90. The number of nitrogens with zero attached hydrogens (tertiary/aromatic N) is 2. The number of sulfone groups is 1. The molecular weight excluding hydrogens is 564 g/mol. The Morgan fingerprint density at radius 1 is 0.927 bits per heavy atom. The average molecular weight is 593 g/mol. The van der Waals surface area contributed by atoms with E-state index in [1.54, 1.807) is 12.1 Å². The molecule has 0 saturated carbocycles. The van der Waals surface area contributed by atoms with E-state index in [-0.39, 0.29) is 17.1 Å². The maximum atomic E-state index is 15.1. The van der Waals surface area contributed by atoms with Crippen molar-refractivity contribution >= 4 is 20.7 Å². The lowest BCUT2D eigenvalue weighted by Gasteiger charge is -2.15. The lowest BCUT2D eigenvalue weighted by atomic mass is 10.1. The number of benzene rings is 3. The number of pyridine rings is 1. The Morgan fingerprint density at radius 3 is 2.37 bits per heavy atom. The van der Waals surface area contributed by atoms with Crippen LogP contribution in [0.4, 0.5) is 17.6 Å². The van der Waals surface area contributed by atoms with Gasteiger partial charge in [0.2, 0.25) is 0 Å². The van der Waals surface area contributed by atoms with E-state index in [1.165, 1.54) is 37.6 Å². The Labute approximate surface area is 235 Å². The number of halogens is 4. The van der Waals surface area contributed by atoms with Gasteiger partial charge in [-0.25, -0.2) is 12.8 Å². The molecule has 7 nitrogen and oxygen atoms in total. The van der Waals surface area contributed by atoms with Crippen molar-refractivity contribution in [1.82, 2.24) is 9.88 Å². The van der Waals surface area contributed by atoms with Crippen LogP contribution in [0.2, 0.25) is 0 Å². The second kappa shape index (κ2) is 12.3. The summed E-state index contributed by atoms with van der Waals surface area (Å²) in [7, 11) is 0.998. The van der Waals surface area contributed by atoms with Gasteiger partial charge in [0.15, 0.2) is 32.9 Å². The van der Waals surface area contributed by atoms with Crippen LogP contribution in [0.5, 0.6) is 23.0 Å². The monoisotopic (exact) mass is 592 g/mol. The molecule has 0 spiro atoms. The van der Waals surface area contributed by atoms with Crippen LogP contribution in [0, 0.1) is 5.82 Å². The number of hydrogen-bond acceptors (Lipinski definition) is 7. The molecule has 3 aromatic carbocycles. The predicted molar refractivity (Wildman–Crippen MR) is 146 cm³/mol. The summed E-state index contributed by atoms with van der Waals surface area (Å²) in [6, 6.07) is 12.2. The molecule has 12 heteroatoms. The normalized spacial score (nSPS) is 12.1. The van der Waals surface area contributed by atoms with Crippen molar-refractivity contribution in [2.45, 2.75) is 23.2 Å². The Balaban J connectivity index is 1.57. The lowest BCUT2D eigenvalue weighted by Crippen LogP contribution is -2.15. The third-order valence-corrected chi connectivity index (χ3v) is 7.83. The van der Waals surface area contributed by atoms with Gasteiger partial charge < -0.3 is 19.1 Å². The second-order valence-electron chi connectivity index (χ2n) is 9.45. The van der Waals surface area contributed by atoms with Gasteiger partial charge in [-0.05, 0) is 62.5 Å². The van der Waals surface area contributed by atoms with Crippen LogP contribution in [0.1, 0.15) is 17.5 Å². The fourth-order valence-electron chi connectivity index (χ4n) is 4.16. The predicted octanol–water partition coefficient (Wildman–Crippen LogP) is 6.50. The van der Waals surface area contributed by atoms with Crippen molar-refractivity contribution in [3.63, 3.8) is 0 Å². The first kappa shape index (κ1) is 30.1. The number of rotatable bonds is 11. The molecule has 4 rings (SSSR count). The molecule has 0 atom stereocenters. The minimum Gasteiger partial charge on any atom is -0.493 e. The van der Waals surface area contributed by atoms with Gasteiger partial charge in [-0.1, -0.05) is 18.2 Å². The summed E-state index contributed by atoms with van der Waals surface area (Å²) in [6.07, 6.45) is -2.57. The number of methoxy groups -OCH3 is 1. The summed E-state index contributed by atoms with van der Waals surface area (Å²) >= 11 is 0. The smallest absolute Gasteiger partial charge is 0.417 e. The first-order valence-electron chi connectivity index (χ1n) is 12.5. The van der Waals surface area contributed by atoms with Crippen molar-refractivity contribution in [3.8, 4) is 23.0 Å². The van der Waals surface area contributed by atoms with Gasteiger partial charge in [-0.3, -0.25) is 4.98 Å². The van der Waals surface area contributed by atoms with E-state index in [1.807, 2.05) is 19.0 Å². The molecule has 1 heterocycles. The standard InChI is InChI=1S/C29H28F4N2O5S/c1-35(2)13-6-14-39-27-17-23-20(16-26(27)38-3)24(11-12-34-23)40-25-10-9-19(15-22(25)30)18-41(36,37)28-8-5-4-7-21(28)29(31,32)33/h4-5,7-12,15-17H,6,13-14,18H2,1-3H3. The van der Waals surface area contributed by atoms with E-state index in [4.69, 9.17) is 14.2 Å². The maximum Gasteiger partial charge on any atom is 0.417 e. The van der Waals surface area contributed by atoms with Crippen molar-refractivity contribution in [1.29, 1.82) is 0 Å². The number of aromatic nitrogens is 1. The average Bonchev–Trinajstić information content (AvgIpc) is 2.91. The lowest BCUT2D eigenvalue weighted by molar-refractivity contribution is -0.139. The summed E-state index contributed by atoms with van der Waals surface area (Å²) in [4.78, 5) is 5.52. The molecule has 1 aromatic heterocycles. The van der Waals surface area contributed by atoms with Gasteiger partial charge in [0.05, 0.1) is 35.4 Å². The van der Waals surface area contributed by atoms with Gasteiger partial charge in [-0.15, -0.1) is 0 Å². The van der Waals surface area contributed by atoms with Crippen molar-refractivity contribution < 1.29 is 40.2 Å². The Kier molecular flexibility index (Phi) is 9.03. The SMILES string of the molecule is COc1cc2c(Oc3ccc(CS(=O)(=O)c4ccccc4C(F)(F)F)cc3F)ccnc2cc1OCCCN(C)C. The molecule has 0 radical (unpaired) electrons. The molecule has 0 aliphatic rings. The molecule has 0 aliphatic carbocycles. The summed E-state index contributed by atoms with van der Waals surface area (Å²) in [5.74, 6) is -0.750. The van der Waals surface area contributed by atoms with Crippen LogP contribution in [0.15, 0.2) is 71.8 Å². The quantitative estimate of drug-likeness (QED) is 0.145. The Morgan fingerprint density at radius 2 is 1.68 bits per heavy atom. The maximum absolute atomic E-state index is 15.1. The largest absolute Gasteiger partial charge is 0.493 e. The zero-order chi connectivity index (χ0) is 29.8. The van der Waals surface area contributed by atoms with E-state index in [0.717, 1.165) is 31.2 Å². The highest BCUT2D eigenvalue weighted by Gasteiger charge is 2.36. The molecule has 41 heavy (non-hydrogen) atoms. The molecule has 0 aliphatic heterocycles. The minimum absolute atomic E-state index is 0.0378. The van der Waals surface area contributed by atoms with E-state index < -0.39 is 38.0 Å². The van der Waals surface area contributed by atoms with E-state index in [9.17, 15) is 21.6 Å². The van der Waals surface area contributed by atoms with Crippen LogP contribution in [0.3, 0.4) is 0 Å². The molecule has 0 unspecified atom stereocenters. The van der Waals surface area contributed by atoms with Crippen molar-refractivity contribution in [2.75, 3.05) is 34.4 Å². The summed E-state index contributed by atoms with van der Waals surface area (Å²) < 4.78 is 97.9. The van der Waals surface area contributed by atoms with Crippen LogP contribution >= 0.6 is 0 Å². The molecule has 0 N–H and O–H groups in total. The zero-order valence-electron chi connectivity index (χ0n) is 22.5. The van der Waals surface area contributed by atoms with Crippen LogP contribution in [-0.2, 0) is 21.8 Å². The second-order valence-corrected chi connectivity index (χ2v) is 11.4. The minimum atomic E-state index is -4.86. The fourth-order valence-corrected chi connectivity index (χ4v) is 5.74. The number of alkyl halides is 3. The molecule has 0 saturated heterocycles. The number of fused-ring (bicyclic) bond motifs is 1. The van der Waals surface area contributed by atoms with Gasteiger partial charge >= 0.3 is 6.18 Å². The third-order valence-electron chi connectivity index (χ3n) is 6.09. The summed E-state index contributed by atoms with van der Waals surface area (Å²) in [5.41, 5.74) is -0.802. The number of hydrogen-bond donors (Lipinski definition) is 0. The van der Waals surface area contributed by atoms with Crippen molar-refractivity contribution in [2.24, 2.45) is 0 Å². The topological polar surface area (TPSA) is 78.0 Å². The van der Waals surface area contributed by atoms with E-state index >= 15 is 4.39 Å². The highest BCUT2D eigenvalue weighted by molar-refractivity contribution is 7.90. The first-order valence-corrected chi connectivity index (χ1v) is 14.1. The van der Waals surface area contributed by atoms with E-state index in [0.29, 0.717) is 35.1 Å². The van der Waals surface area contributed by atoms with Gasteiger partial charge in [-0.2, -0.15) is 13.2 Å². The summed E-state index contributed by atoms with van der Waals surface area (Å²) in [5, 5.41) is 0.514. The van der Waals surface area contributed by atoms with Crippen LogP contribution in [-0.4, -0.2) is 52.7 Å². The zero-order valence-corrected chi connectivity index (χ0v) is 23.4. The van der Waals surface area contributed by atoms with Crippen LogP contribution in [0.25, 0.3) is 10.9 Å². The van der Waals surface area contributed by atoms with E-state index in [2.05, 4.69) is 4.98 Å². The highest BCUT2D eigenvalue weighted by atomic mass is 32.2. The molecule has 4 aromatic rings. The molecule has 0 bridgehead atoms. The Bertz CT molecular complexity index is 1640. The van der Waals surface area contributed by atoms with Gasteiger partial charge in [0.1, 0.15) is 5.75 Å². The van der Waals surface area contributed by atoms with Gasteiger partial charge in [0, 0.05) is 24.2 Å². The first-order chi connectivity index (χ1) is 19.4.